The van der Waals surface area contributed by atoms with Crippen LogP contribution in [0.5, 0.6) is 0 Å². The summed E-state index contributed by atoms with van der Waals surface area (Å²) in [5, 5.41) is 0. The number of rotatable bonds is 25. The molecule has 0 unspecified atom stereocenters. The van der Waals surface area contributed by atoms with Gasteiger partial charge in [0.1, 0.15) is 0 Å². The predicted molar refractivity (Wildman–Crippen MR) is 142 cm³/mol. The van der Waals surface area contributed by atoms with Crippen molar-refractivity contribution in [1.29, 1.82) is 0 Å². The van der Waals surface area contributed by atoms with Crippen LogP contribution < -0.4 is 0 Å². The zero-order chi connectivity index (χ0) is 23.5. The van der Waals surface area contributed by atoms with E-state index in [2.05, 4.69) is 32.9 Å². The van der Waals surface area contributed by atoms with E-state index in [0.29, 0.717) is 13.0 Å². The fraction of sp³-hybridized carbons (Fsp3) is 0.900. The number of carbonyl (C=O) groups is 1. The van der Waals surface area contributed by atoms with E-state index in [1.807, 2.05) is 0 Å². The van der Waals surface area contributed by atoms with Gasteiger partial charge in [-0.25, -0.2) is 0 Å². The van der Waals surface area contributed by atoms with Crippen LogP contribution in [0.15, 0.2) is 12.2 Å². The van der Waals surface area contributed by atoms with E-state index in [0.717, 1.165) is 18.8 Å². The number of allylic oxidation sites excluding steroid dienone is 2. The fourth-order valence-electron chi connectivity index (χ4n) is 4.14. The van der Waals surface area contributed by atoms with Gasteiger partial charge >= 0.3 is 5.97 Å². The van der Waals surface area contributed by atoms with Crippen LogP contribution in [0, 0.1) is 5.92 Å². The number of unbranched alkanes of at least 4 members (excludes halogenated alkanes) is 17. The van der Waals surface area contributed by atoms with Crippen molar-refractivity contribution < 1.29 is 9.53 Å². The molecule has 0 aromatic heterocycles. The van der Waals surface area contributed by atoms with Crippen LogP contribution in [0.3, 0.4) is 0 Å². The Balaban J connectivity index is 3.18. The minimum atomic E-state index is 0.00915. The van der Waals surface area contributed by atoms with Crippen LogP contribution in [-0.2, 0) is 9.53 Å². The average molecular weight is 451 g/mol. The van der Waals surface area contributed by atoms with Gasteiger partial charge in [0.2, 0.25) is 0 Å². The summed E-state index contributed by atoms with van der Waals surface area (Å²) in [4.78, 5) is 11.7. The highest BCUT2D eigenvalue weighted by Gasteiger charge is 2.03. The second kappa shape index (κ2) is 26.5. The maximum atomic E-state index is 11.7. The van der Waals surface area contributed by atoms with Crippen molar-refractivity contribution >= 4 is 5.97 Å². The summed E-state index contributed by atoms with van der Waals surface area (Å²) in [6.45, 7) is 7.42. The van der Waals surface area contributed by atoms with Gasteiger partial charge in [-0.05, 0) is 44.4 Å². The van der Waals surface area contributed by atoms with Crippen LogP contribution in [0.4, 0.5) is 0 Å². The zero-order valence-electron chi connectivity index (χ0n) is 22.3. The number of ether oxygens (including phenoxy) is 1. The van der Waals surface area contributed by atoms with Crippen molar-refractivity contribution in [3.63, 3.8) is 0 Å². The Hall–Kier alpha value is -0.790. The van der Waals surface area contributed by atoms with Crippen molar-refractivity contribution in [3.05, 3.63) is 12.2 Å². The number of esters is 1. The molecular formula is C30H58O2. The first kappa shape index (κ1) is 31.2. The molecule has 0 bridgehead atoms. The Kier molecular flexibility index (Phi) is 25.8. The molecule has 0 aliphatic heterocycles. The van der Waals surface area contributed by atoms with E-state index in [-0.39, 0.29) is 5.97 Å². The molecular weight excluding hydrogens is 392 g/mol. The van der Waals surface area contributed by atoms with Gasteiger partial charge in [-0.1, -0.05) is 129 Å². The monoisotopic (exact) mass is 450 g/mol. The van der Waals surface area contributed by atoms with E-state index in [9.17, 15) is 4.79 Å². The van der Waals surface area contributed by atoms with E-state index in [1.165, 1.54) is 122 Å². The summed E-state index contributed by atoms with van der Waals surface area (Å²) in [6, 6.07) is 0. The molecule has 190 valence electrons. The maximum absolute atomic E-state index is 11.7. The van der Waals surface area contributed by atoms with Gasteiger partial charge in [0.25, 0.3) is 0 Å². The molecule has 0 radical (unpaired) electrons. The lowest BCUT2D eigenvalue weighted by atomic mass is 10.1. The highest BCUT2D eigenvalue weighted by molar-refractivity contribution is 5.69. The van der Waals surface area contributed by atoms with E-state index in [4.69, 9.17) is 4.74 Å². The molecule has 32 heavy (non-hydrogen) atoms. The SMILES string of the molecule is CCCCCCCCC=CCCCCCCCCCCCC(=O)OCCCCCC(C)C. The van der Waals surface area contributed by atoms with Crippen molar-refractivity contribution in [3.8, 4) is 0 Å². The lowest BCUT2D eigenvalue weighted by Gasteiger charge is -2.06. The summed E-state index contributed by atoms with van der Waals surface area (Å²) >= 11 is 0. The molecule has 0 fully saturated rings. The van der Waals surface area contributed by atoms with E-state index >= 15 is 0 Å². The first-order valence-corrected chi connectivity index (χ1v) is 14.5. The molecule has 0 rings (SSSR count). The first-order chi connectivity index (χ1) is 15.7. The third kappa shape index (κ3) is 27.2. The Morgan fingerprint density at radius 3 is 1.62 bits per heavy atom. The summed E-state index contributed by atoms with van der Waals surface area (Å²) in [6.07, 6.45) is 32.7. The topological polar surface area (TPSA) is 26.3 Å². The Morgan fingerprint density at radius 1 is 0.625 bits per heavy atom. The average Bonchev–Trinajstić information content (AvgIpc) is 2.77. The van der Waals surface area contributed by atoms with Crippen molar-refractivity contribution in [1.82, 2.24) is 0 Å². The molecule has 0 saturated carbocycles. The zero-order valence-corrected chi connectivity index (χ0v) is 22.3. The minimum absolute atomic E-state index is 0.00915. The van der Waals surface area contributed by atoms with Gasteiger partial charge in [0, 0.05) is 6.42 Å². The lowest BCUT2D eigenvalue weighted by Crippen LogP contribution is -2.05. The van der Waals surface area contributed by atoms with Crippen molar-refractivity contribution in [2.75, 3.05) is 6.61 Å². The van der Waals surface area contributed by atoms with Crippen LogP contribution in [0.25, 0.3) is 0 Å². The summed E-state index contributed by atoms with van der Waals surface area (Å²) in [5.74, 6) is 0.791. The number of carbonyl (C=O) groups excluding carboxylic acids is 1. The normalized spacial score (nSPS) is 11.6. The van der Waals surface area contributed by atoms with E-state index < -0.39 is 0 Å². The van der Waals surface area contributed by atoms with Crippen LogP contribution in [-0.4, -0.2) is 12.6 Å². The highest BCUT2D eigenvalue weighted by Crippen LogP contribution is 2.13. The van der Waals surface area contributed by atoms with Crippen LogP contribution in [0.2, 0.25) is 0 Å². The molecule has 0 N–H and O–H groups in total. The molecule has 0 atom stereocenters. The Labute approximate surface area is 202 Å². The minimum Gasteiger partial charge on any atom is -0.466 e. The van der Waals surface area contributed by atoms with Gasteiger partial charge in [0.15, 0.2) is 0 Å². The molecule has 0 heterocycles. The first-order valence-electron chi connectivity index (χ1n) is 14.5. The van der Waals surface area contributed by atoms with Crippen molar-refractivity contribution in [2.24, 2.45) is 5.92 Å². The summed E-state index contributed by atoms with van der Waals surface area (Å²) in [5.41, 5.74) is 0. The standard InChI is InChI=1S/C30H58O2/c1-4-5-6-7-8-9-10-11-12-13-14-15-16-17-18-19-20-21-24-27-30(31)32-28-25-22-23-26-29(2)3/h11-12,29H,4-10,13-28H2,1-3H3. The molecule has 0 aliphatic carbocycles. The Morgan fingerprint density at radius 2 is 1.09 bits per heavy atom. The Bertz CT molecular complexity index is 400. The summed E-state index contributed by atoms with van der Waals surface area (Å²) in [7, 11) is 0. The molecule has 0 aliphatic rings. The lowest BCUT2D eigenvalue weighted by molar-refractivity contribution is -0.143. The molecule has 0 saturated heterocycles. The molecule has 0 aromatic rings. The summed E-state index contributed by atoms with van der Waals surface area (Å²) < 4.78 is 5.34. The number of hydrogen-bond acceptors (Lipinski definition) is 2. The van der Waals surface area contributed by atoms with Crippen LogP contribution in [0.1, 0.15) is 162 Å². The molecule has 0 aromatic carbocycles. The fourth-order valence-corrected chi connectivity index (χ4v) is 4.14. The third-order valence-electron chi connectivity index (χ3n) is 6.33. The molecule has 2 nitrogen and oxygen atoms in total. The predicted octanol–water partition coefficient (Wildman–Crippen LogP) is 10.3. The van der Waals surface area contributed by atoms with Gasteiger partial charge in [-0.15, -0.1) is 0 Å². The largest absolute Gasteiger partial charge is 0.466 e. The highest BCUT2D eigenvalue weighted by atomic mass is 16.5. The molecule has 0 amide bonds. The second-order valence-corrected chi connectivity index (χ2v) is 10.2. The second-order valence-electron chi connectivity index (χ2n) is 10.2. The van der Waals surface area contributed by atoms with Gasteiger partial charge in [0.05, 0.1) is 6.61 Å². The van der Waals surface area contributed by atoms with E-state index in [1.54, 1.807) is 0 Å². The van der Waals surface area contributed by atoms with Gasteiger partial charge in [-0.3, -0.25) is 4.79 Å². The smallest absolute Gasteiger partial charge is 0.305 e. The molecule has 2 heteroatoms. The third-order valence-corrected chi connectivity index (χ3v) is 6.33. The van der Waals surface area contributed by atoms with Crippen LogP contribution >= 0.6 is 0 Å². The molecule has 0 spiro atoms. The number of hydrogen-bond donors (Lipinski definition) is 0. The van der Waals surface area contributed by atoms with Gasteiger partial charge in [-0.2, -0.15) is 0 Å². The maximum Gasteiger partial charge on any atom is 0.305 e. The quantitative estimate of drug-likeness (QED) is 0.0785. The van der Waals surface area contributed by atoms with Gasteiger partial charge < -0.3 is 4.74 Å². The van der Waals surface area contributed by atoms with Crippen molar-refractivity contribution in [2.45, 2.75) is 162 Å².